The molecule has 1 N–H and O–H groups in total. The van der Waals surface area contributed by atoms with Crippen LogP contribution in [-0.2, 0) is 0 Å². The second kappa shape index (κ2) is 4.12. The molecule has 0 aromatic carbocycles. The Hall–Kier alpha value is -1.25. The molecule has 3 nitrogen and oxygen atoms in total. The van der Waals surface area contributed by atoms with Crippen LogP contribution >= 0.6 is 0 Å². The topological polar surface area (TPSA) is 27.6 Å². The summed E-state index contributed by atoms with van der Waals surface area (Å²) in [7, 11) is 3.86. The first-order valence-electron chi connectivity index (χ1n) is 4.45. The van der Waals surface area contributed by atoms with Crippen LogP contribution in [0.4, 0.5) is 0 Å². The highest BCUT2D eigenvalue weighted by atomic mass is 15.1. The normalized spacial score (nSPS) is 29.5. The van der Waals surface area contributed by atoms with E-state index in [1.165, 1.54) is 0 Å². The van der Waals surface area contributed by atoms with Crippen LogP contribution in [0, 0.1) is 0 Å². The fourth-order valence-corrected chi connectivity index (χ4v) is 1.20. The summed E-state index contributed by atoms with van der Waals surface area (Å²) in [6.07, 6.45) is 4.92. The summed E-state index contributed by atoms with van der Waals surface area (Å²) in [5, 5.41) is 3.16. The predicted octanol–water partition coefficient (Wildman–Crippen LogP) is 1.36. The Morgan fingerprint density at radius 1 is 1.69 bits per heavy atom. The average molecular weight is 179 g/mol. The molecule has 3 heteroatoms. The van der Waals surface area contributed by atoms with Crippen LogP contribution in [0.2, 0.25) is 0 Å². The Kier molecular flexibility index (Phi) is 3.12. The minimum atomic E-state index is 0.468. The van der Waals surface area contributed by atoms with Crippen molar-refractivity contribution in [3.8, 4) is 0 Å². The number of allylic oxidation sites excluding steroid dienone is 1. The summed E-state index contributed by atoms with van der Waals surface area (Å²) in [6.45, 7) is 6.04. The first kappa shape index (κ1) is 9.84. The molecular weight excluding hydrogens is 162 g/mol. The zero-order chi connectivity index (χ0) is 9.84. The first-order chi connectivity index (χ1) is 6.13. The molecule has 0 radical (unpaired) electrons. The van der Waals surface area contributed by atoms with Crippen molar-refractivity contribution in [1.29, 1.82) is 0 Å². The monoisotopic (exact) mass is 179 g/mol. The average Bonchev–Trinajstić information content (AvgIpc) is 2.11. The van der Waals surface area contributed by atoms with Gasteiger partial charge in [0.25, 0.3) is 0 Å². The van der Waals surface area contributed by atoms with Crippen LogP contribution < -0.4 is 5.32 Å². The first-order valence-corrected chi connectivity index (χ1v) is 4.45. The number of nitrogens with one attached hydrogen (secondary N) is 1. The van der Waals surface area contributed by atoms with Crippen LogP contribution in [0.1, 0.15) is 13.3 Å². The minimum Gasteiger partial charge on any atom is -0.377 e. The largest absolute Gasteiger partial charge is 0.377 e. The molecule has 1 atom stereocenters. The second-order valence-electron chi connectivity index (χ2n) is 3.35. The van der Waals surface area contributed by atoms with Gasteiger partial charge in [-0.05, 0) is 13.0 Å². The molecule has 0 bridgehead atoms. The molecule has 0 aliphatic carbocycles. The summed E-state index contributed by atoms with van der Waals surface area (Å²) >= 11 is 0. The number of nitrogens with zero attached hydrogens (tertiary/aromatic N) is 2. The van der Waals surface area contributed by atoms with Gasteiger partial charge in [-0.1, -0.05) is 6.58 Å². The molecule has 0 saturated heterocycles. The number of hydrogen-bond donors (Lipinski definition) is 1. The molecule has 1 aliphatic rings. The Labute approximate surface area is 79.8 Å². The molecule has 0 saturated carbocycles. The van der Waals surface area contributed by atoms with Gasteiger partial charge in [-0.2, -0.15) is 0 Å². The Morgan fingerprint density at radius 3 is 3.00 bits per heavy atom. The fraction of sp³-hybridized carbons (Fsp3) is 0.500. The number of aliphatic imine (C=N–C) groups is 1. The van der Waals surface area contributed by atoms with Gasteiger partial charge in [0.05, 0.1) is 0 Å². The molecule has 0 amide bonds. The molecule has 0 spiro atoms. The van der Waals surface area contributed by atoms with Crippen molar-refractivity contribution in [3.05, 3.63) is 24.6 Å². The van der Waals surface area contributed by atoms with Crippen molar-refractivity contribution >= 4 is 5.84 Å². The van der Waals surface area contributed by atoms with Crippen LogP contribution in [0.15, 0.2) is 29.5 Å². The van der Waals surface area contributed by atoms with Crippen molar-refractivity contribution in [1.82, 2.24) is 10.2 Å². The Bertz CT molecular complexity index is 253. The van der Waals surface area contributed by atoms with Gasteiger partial charge in [0.15, 0.2) is 0 Å². The van der Waals surface area contributed by atoms with Crippen LogP contribution in [-0.4, -0.2) is 30.9 Å². The standard InChI is InChI=1S/C10H17N3/c1-8-5-6-13(4)9(2)7-10(11-3)12-8/h5-6,9H,1,7H2,2-4H3,(H,11,12)/b6-5-. The van der Waals surface area contributed by atoms with E-state index in [4.69, 9.17) is 0 Å². The van der Waals surface area contributed by atoms with E-state index in [1.807, 2.05) is 12.3 Å². The van der Waals surface area contributed by atoms with Crippen LogP contribution in [0.25, 0.3) is 0 Å². The number of hydrogen-bond acceptors (Lipinski definition) is 2. The Balaban J connectivity index is 2.81. The molecule has 13 heavy (non-hydrogen) atoms. The summed E-state index contributed by atoms with van der Waals surface area (Å²) in [5.74, 6) is 0.994. The highest BCUT2D eigenvalue weighted by Crippen LogP contribution is 2.07. The van der Waals surface area contributed by atoms with Crippen molar-refractivity contribution in [2.45, 2.75) is 19.4 Å². The molecule has 0 aromatic heterocycles. The third-order valence-corrected chi connectivity index (χ3v) is 2.27. The maximum Gasteiger partial charge on any atom is 0.102 e. The smallest absolute Gasteiger partial charge is 0.102 e. The Morgan fingerprint density at radius 2 is 2.38 bits per heavy atom. The van der Waals surface area contributed by atoms with Crippen molar-refractivity contribution in [2.75, 3.05) is 14.1 Å². The highest BCUT2D eigenvalue weighted by molar-refractivity contribution is 5.84. The van der Waals surface area contributed by atoms with Crippen molar-refractivity contribution in [3.63, 3.8) is 0 Å². The quantitative estimate of drug-likeness (QED) is 0.608. The van der Waals surface area contributed by atoms with E-state index >= 15 is 0 Å². The van der Waals surface area contributed by atoms with E-state index in [0.29, 0.717) is 6.04 Å². The second-order valence-corrected chi connectivity index (χ2v) is 3.35. The van der Waals surface area contributed by atoms with E-state index in [-0.39, 0.29) is 0 Å². The van der Waals surface area contributed by atoms with E-state index in [2.05, 4.69) is 35.8 Å². The summed E-state index contributed by atoms with van der Waals surface area (Å²) in [6, 6.07) is 0.468. The highest BCUT2D eigenvalue weighted by Gasteiger charge is 2.11. The fourth-order valence-electron chi connectivity index (χ4n) is 1.20. The maximum atomic E-state index is 4.17. The molecular formula is C10H17N3. The summed E-state index contributed by atoms with van der Waals surface area (Å²) in [5.41, 5.74) is 0.888. The van der Waals surface area contributed by atoms with Crippen LogP contribution in [0.5, 0.6) is 0 Å². The molecule has 72 valence electrons. The van der Waals surface area contributed by atoms with Gasteiger partial charge in [0.1, 0.15) is 5.84 Å². The van der Waals surface area contributed by atoms with Gasteiger partial charge < -0.3 is 10.2 Å². The van der Waals surface area contributed by atoms with Crippen LogP contribution in [0.3, 0.4) is 0 Å². The molecule has 1 unspecified atom stereocenters. The van der Waals surface area contributed by atoms with Gasteiger partial charge in [-0.3, -0.25) is 4.99 Å². The minimum absolute atomic E-state index is 0.468. The molecule has 0 fully saturated rings. The predicted molar refractivity (Wildman–Crippen MR) is 56.6 cm³/mol. The molecule has 1 aliphatic heterocycles. The lowest BCUT2D eigenvalue weighted by Crippen LogP contribution is -2.34. The van der Waals surface area contributed by atoms with E-state index in [1.54, 1.807) is 7.05 Å². The molecule has 1 heterocycles. The van der Waals surface area contributed by atoms with Crippen molar-refractivity contribution in [2.24, 2.45) is 4.99 Å². The van der Waals surface area contributed by atoms with Gasteiger partial charge in [0, 0.05) is 38.5 Å². The zero-order valence-corrected chi connectivity index (χ0v) is 8.54. The molecule has 0 aromatic rings. The lowest BCUT2D eigenvalue weighted by Gasteiger charge is -2.26. The summed E-state index contributed by atoms with van der Waals surface area (Å²) < 4.78 is 0. The summed E-state index contributed by atoms with van der Waals surface area (Å²) in [4.78, 5) is 6.33. The zero-order valence-electron chi connectivity index (χ0n) is 8.54. The van der Waals surface area contributed by atoms with Crippen molar-refractivity contribution < 1.29 is 0 Å². The maximum absolute atomic E-state index is 4.17. The SMILES string of the molecule is C=C1/C=C\N(C)C(C)CC(=NC)N1. The third-order valence-electron chi connectivity index (χ3n) is 2.27. The lowest BCUT2D eigenvalue weighted by molar-refractivity contribution is 0.356. The lowest BCUT2D eigenvalue weighted by atomic mass is 10.2. The third kappa shape index (κ3) is 2.61. The number of amidine groups is 1. The van der Waals surface area contributed by atoms with E-state index in [0.717, 1.165) is 18.0 Å². The van der Waals surface area contributed by atoms with Gasteiger partial charge in [-0.25, -0.2) is 0 Å². The van der Waals surface area contributed by atoms with Gasteiger partial charge in [0.2, 0.25) is 0 Å². The van der Waals surface area contributed by atoms with E-state index in [9.17, 15) is 0 Å². The van der Waals surface area contributed by atoms with E-state index < -0.39 is 0 Å². The van der Waals surface area contributed by atoms with Gasteiger partial charge >= 0.3 is 0 Å². The number of rotatable bonds is 0. The van der Waals surface area contributed by atoms with Gasteiger partial charge in [-0.15, -0.1) is 0 Å². The molecule has 1 rings (SSSR count).